The van der Waals surface area contributed by atoms with Crippen molar-refractivity contribution in [3.63, 3.8) is 0 Å². The van der Waals surface area contributed by atoms with E-state index in [1.807, 2.05) is 12.1 Å². The van der Waals surface area contributed by atoms with Crippen molar-refractivity contribution in [2.45, 2.75) is 45.2 Å². The number of nitrogens with one attached hydrogen (secondary N) is 1. The van der Waals surface area contributed by atoms with E-state index in [0.29, 0.717) is 12.6 Å². The molecule has 0 radical (unpaired) electrons. The minimum Gasteiger partial charge on any atom is -0.489 e. The van der Waals surface area contributed by atoms with Crippen LogP contribution in [0.4, 0.5) is 0 Å². The minimum absolute atomic E-state index is 0.567. The van der Waals surface area contributed by atoms with Crippen LogP contribution in [0, 0.1) is 5.92 Å². The fraction of sp³-hybridized carbons (Fsp3) is 0.529. The number of para-hydroxylation sites is 1. The molecule has 0 aromatic heterocycles. The van der Waals surface area contributed by atoms with Gasteiger partial charge in [-0.1, -0.05) is 50.6 Å². The first-order valence-electron chi connectivity index (χ1n) is 7.34. The molecule has 0 heterocycles. The maximum atomic E-state index is 5.69. The molecule has 0 amide bonds. The van der Waals surface area contributed by atoms with Gasteiger partial charge >= 0.3 is 0 Å². The molecule has 1 fully saturated rings. The van der Waals surface area contributed by atoms with Crippen molar-refractivity contribution in [2.24, 2.45) is 5.92 Å². The predicted octanol–water partition coefficient (Wildman–Crippen LogP) is 3.92. The van der Waals surface area contributed by atoms with Gasteiger partial charge in [0.2, 0.25) is 0 Å². The van der Waals surface area contributed by atoms with Crippen molar-refractivity contribution < 1.29 is 4.74 Å². The zero-order valence-corrected chi connectivity index (χ0v) is 11.9. The first kappa shape index (κ1) is 14.1. The Hall–Kier alpha value is -1.28. The van der Waals surface area contributed by atoms with Crippen LogP contribution in [0.25, 0.3) is 0 Å². The molecular weight excluding hydrogens is 234 g/mol. The Morgan fingerprint density at radius 1 is 1.37 bits per heavy atom. The summed E-state index contributed by atoms with van der Waals surface area (Å²) in [5.41, 5.74) is 1.24. The summed E-state index contributed by atoms with van der Waals surface area (Å²) >= 11 is 0. The molecule has 2 rings (SSSR count). The summed E-state index contributed by atoms with van der Waals surface area (Å²) in [4.78, 5) is 0. The topological polar surface area (TPSA) is 21.3 Å². The van der Waals surface area contributed by atoms with Crippen LogP contribution in [0.1, 0.15) is 38.2 Å². The molecule has 1 aliphatic carbocycles. The first-order chi connectivity index (χ1) is 9.29. The zero-order valence-electron chi connectivity index (χ0n) is 11.9. The molecular formula is C17H25NO. The summed E-state index contributed by atoms with van der Waals surface area (Å²) in [5, 5.41) is 3.68. The highest BCUT2D eigenvalue weighted by molar-refractivity contribution is 5.33. The third kappa shape index (κ3) is 4.39. The van der Waals surface area contributed by atoms with Gasteiger partial charge < -0.3 is 10.1 Å². The average molecular weight is 259 g/mol. The van der Waals surface area contributed by atoms with Gasteiger partial charge in [0.25, 0.3) is 0 Å². The summed E-state index contributed by atoms with van der Waals surface area (Å²) in [6, 6.07) is 8.92. The van der Waals surface area contributed by atoms with Crippen LogP contribution in [-0.2, 0) is 6.54 Å². The SMILES string of the molecule is C=CCOc1ccccc1CNC1CCCC(C)C1. The van der Waals surface area contributed by atoms with Gasteiger partial charge in [-0.05, 0) is 24.8 Å². The Morgan fingerprint density at radius 2 is 2.21 bits per heavy atom. The second-order valence-electron chi connectivity index (χ2n) is 5.56. The van der Waals surface area contributed by atoms with E-state index in [4.69, 9.17) is 4.74 Å². The fourth-order valence-electron chi connectivity index (χ4n) is 2.81. The lowest BCUT2D eigenvalue weighted by Gasteiger charge is -2.27. The Balaban J connectivity index is 1.89. The van der Waals surface area contributed by atoms with Crippen molar-refractivity contribution in [3.05, 3.63) is 42.5 Å². The molecule has 1 aliphatic rings. The van der Waals surface area contributed by atoms with Gasteiger partial charge in [-0.25, -0.2) is 0 Å². The molecule has 1 aromatic rings. The van der Waals surface area contributed by atoms with Gasteiger partial charge in [0, 0.05) is 18.2 Å². The lowest BCUT2D eigenvalue weighted by molar-refractivity contribution is 0.298. The Bertz CT molecular complexity index is 402. The highest BCUT2D eigenvalue weighted by atomic mass is 16.5. The third-order valence-corrected chi connectivity index (χ3v) is 3.85. The van der Waals surface area contributed by atoms with Crippen LogP contribution >= 0.6 is 0 Å². The number of benzene rings is 1. The second kappa shape index (κ2) is 7.34. The van der Waals surface area contributed by atoms with Crippen LogP contribution in [0.3, 0.4) is 0 Å². The lowest BCUT2D eigenvalue weighted by Crippen LogP contribution is -2.33. The van der Waals surface area contributed by atoms with E-state index in [9.17, 15) is 0 Å². The molecule has 2 unspecified atom stereocenters. The summed E-state index contributed by atoms with van der Waals surface area (Å²) in [6.07, 6.45) is 7.13. The fourth-order valence-corrected chi connectivity index (χ4v) is 2.81. The van der Waals surface area contributed by atoms with Gasteiger partial charge in [0.05, 0.1) is 0 Å². The van der Waals surface area contributed by atoms with E-state index in [1.165, 1.54) is 31.2 Å². The average Bonchev–Trinajstić information content (AvgIpc) is 2.44. The summed E-state index contributed by atoms with van der Waals surface area (Å²) in [6.45, 7) is 7.51. The molecule has 1 aromatic carbocycles. The summed E-state index contributed by atoms with van der Waals surface area (Å²) in [5.74, 6) is 1.83. The molecule has 1 N–H and O–H groups in total. The Labute approximate surface area is 116 Å². The van der Waals surface area contributed by atoms with E-state index in [1.54, 1.807) is 6.08 Å². The number of ether oxygens (including phenoxy) is 1. The quantitative estimate of drug-likeness (QED) is 0.782. The molecule has 2 atom stereocenters. The monoisotopic (exact) mass is 259 g/mol. The van der Waals surface area contributed by atoms with Gasteiger partial charge in [0.15, 0.2) is 0 Å². The standard InChI is InChI=1S/C17H25NO/c1-3-11-19-17-10-5-4-8-15(17)13-18-16-9-6-7-14(2)12-16/h3-5,8,10,14,16,18H,1,6-7,9,11-13H2,2H3. The number of rotatable bonds is 6. The van der Waals surface area contributed by atoms with Crippen LogP contribution in [0.5, 0.6) is 5.75 Å². The van der Waals surface area contributed by atoms with E-state index in [-0.39, 0.29) is 0 Å². The van der Waals surface area contributed by atoms with Crippen molar-refractivity contribution in [1.82, 2.24) is 5.32 Å². The normalized spacial score (nSPS) is 23.0. The molecule has 2 nitrogen and oxygen atoms in total. The minimum atomic E-state index is 0.567. The zero-order chi connectivity index (χ0) is 13.5. The first-order valence-corrected chi connectivity index (χ1v) is 7.34. The Kier molecular flexibility index (Phi) is 5.46. The maximum absolute atomic E-state index is 5.69. The largest absolute Gasteiger partial charge is 0.489 e. The predicted molar refractivity (Wildman–Crippen MR) is 80.4 cm³/mol. The molecule has 2 heteroatoms. The summed E-state index contributed by atoms with van der Waals surface area (Å²) < 4.78 is 5.69. The molecule has 0 spiro atoms. The van der Waals surface area contributed by atoms with Gasteiger partial charge in [-0.3, -0.25) is 0 Å². The van der Waals surface area contributed by atoms with Crippen LogP contribution < -0.4 is 10.1 Å². The van der Waals surface area contributed by atoms with Crippen molar-refractivity contribution in [1.29, 1.82) is 0 Å². The molecule has 1 saturated carbocycles. The molecule has 0 bridgehead atoms. The van der Waals surface area contributed by atoms with Gasteiger partial charge in [-0.2, -0.15) is 0 Å². The molecule has 0 saturated heterocycles. The number of hydrogen-bond acceptors (Lipinski definition) is 2. The highest BCUT2D eigenvalue weighted by Gasteiger charge is 2.18. The van der Waals surface area contributed by atoms with Crippen LogP contribution in [0.15, 0.2) is 36.9 Å². The van der Waals surface area contributed by atoms with Crippen LogP contribution in [-0.4, -0.2) is 12.6 Å². The van der Waals surface area contributed by atoms with Crippen LogP contribution in [0.2, 0.25) is 0 Å². The maximum Gasteiger partial charge on any atom is 0.124 e. The third-order valence-electron chi connectivity index (χ3n) is 3.85. The smallest absolute Gasteiger partial charge is 0.124 e. The second-order valence-corrected chi connectivity index (χ2v) is 5.56. The molecule has 104 valence electrons. The van der Waals surface area contributed by atoms with Gasteiger partial charge in [-0.15, -0.1) is 0 Å². The highest BCUT2D eigenvalue weighted by Crippen LogP contribution is 2.24. The van der Waals surface area contributed by atoms with E-state index in [0.717, 1.165) is 18.2 Å². The molecule has 0 aliphatic heterocycles. The van der Waals surface area contributed by atoms with Crippen molar-refractivity contribution >= 4 is 0 Å². The van der Waals surface area contributed by atoms with Gasteiger partial charge in [0.1, 0.15) is 12.4 Å². The van der Waals surface area contributed by atoms with Crippen molar-refractivity contribution in [2.75, 3.05) is 6.61 Å². The summed E-state index contributed by atoms with van der Waals surface area (Å²) in [7, 11) is 0. The van der Waals surface area contributed by atoms with E-state index < -0.39 is 0 Å². The van der Waals surface area contributed by atoms with E-state index >= 15 is 0 Å². The molecule has 19 heavy (non-hydrogen) atoms. The lowest BCUT2D eigenvalue weighted by atomic mass is 9.87. The Morgan fingerprint density at radius 3 is 3.00 bits per heavy atom. The van der Waals surface area contributed by atoms with E-state index in [2.05, 4.69) is 31.0 Å². The van der Waals surface area contributed by atoms with Crippen molar-refractivity contribution in [3.8, 4) is 5.75 Å². The number of hydrogen-bond donors (Lipinski definition) is 1.